The standard InChI is InChI=1S/C31H40F3N5O3/c1-3-37(4-2)30(42)22-10-12-27(13-11-22)38-16-6-9-26(15-18-38)39-17-14-25(21-39)36-28(40)20-35-29(41)23-7-5-8-24(19-23)31(32,33)34/h5,7-8,10-13,19,26,28,40H,3-4,6,9,14-18,20-21H2,1-2H3,(H,35,41)/b36-25+. The zero-order valence-corrected chi connectivity index (χ0v) is 24.2. The number of alkyl halides is 3. The molecule has 8 nitrogen and oxygen atoms in total. The van der Waals surface area contributed by atoms with Crippen LogP contribution >= 0.6 is 0 Å². The maximum atomic E-state index is 12.9. The zero-order valence-electron chi connectivity index (χ0n) is 24.2. The van der Waals surface area contributed by atoms with Crippen LogP contribution in [0, 0.1) is 0 Å². The van der Waals surface area contributed by atoms with Gasteiger partial charge in [-0.1, -0.05) is 6.07 Å². The minimum atomic E-state index is -4.54. The summed E-state index contributed by atoms with van der Waals surface area (Å²) in [4.78, 5) is 35.9. The second-order valence-corrected chi connectivity index (χ2v) is 10.8. The number of amides is 2. The number of aliphatic hydroxyl groups is 1. The number of carbonyl (C=O) groups excluding carboxylic acids is 2. The highest BCUT2D eigenvalue weighted by atomic mass is 19.4. The predicted octanol–water partition coefficient (Wildman–Crippen LogP) is 4.44. The summed E-state index contributed by atoms with van der Waals surface area (Å²) in [7, 11) is 0. The number of carbonyl (C=O) groups is 2. The van der Waals surface area contributed by atoms with Crippen LogP contribution in [0.15, 0.2) is 53.5 Å². The fraction of sp³-hybridized carbons (Fsp3) is 0.516. The number of halogens is 3. The lowest BCUT2D eigenvalue weighted by Crippen LogP contribution is -2.35. The van der Waals surface area contributed by atoms with Crippen LogP contribution in [-0.4, -0.2) is 90.5 Å². The van der Waals surface area contributed by atoms with E-state index < -0.39 is 23.9 Å². The second-order valence-electron chi connectivity index (χ2n) is 10.8. The number of aliphatic imine (C=N–C) groups is 1. The topological polar surface area (TPSA) is 88.5 Å². The molecule has 0 aliphatic carbocycles. The van der Waals surface area contributed by atoms with Crippen LogP contribution in [0.25, 0.3) is 0 Å². The van der Waals surface area contributed by atoms with Crippen molar-refractivity contribution >= 4 is 23.2 Å². The first-order valence-corrected chi connectivity index (χ1v) is 14.7. The van der Waals surface area contributed by atoms with Gasteiger partial charge in [-0.3, -0.25) is 19.5 Å². The first kappa shape index (κ1) is 31.5. The number of likely N-dealkylation sites (tertiary alicyclic amines) is 1. The molecule has 2 aliphatic heterocycles. The van der Waals surface area contributed by atoms with Crippen molar-refractivity contribution in [3.8, 4) is 0 Å². The number of aliphatic hydroxyl groups excluding tert-OH is 1. The average Bonchev–Trinajstić information content (AvgIpc) is 3.30. The summed E-state index contributed by atoms with van der Waals surface area (Å²) in [5, 5.41) is 12.8. The lowest BCUT2D eigenvalue weighted by molar-refractivity contribution is -0.137. The van der Waals surface area contributed by atoms with Gasteiger partial charge in [-0.25, -0.2) is 0 Å². The monoisotopic (exact) mass is 587 g/mol. The summed E-state index contributed by atoms with van der Waals surface area (Å²) in [5.41, 5.74) is 1.65. The van der Waals surface area contributed by atoms with Crippen LogP contribution in [-0.2, 0) is 6.18 Å². The molecule has 2 aliphatic rings. The minimum absolute atomic E-state index is 0.0530. The van der Waals surface area contributed by atoms with E-state index in [1.54, 1.807) is 0 Å². The van der Waals surface area contributed by atoms with Gasteiger partial charge in [0.15, 0.2) is 6.23 Å². The summed E-state index contributed by atoms with van der Waals surface area (Å²) in [5.74, 6) is -0.640. The molecule has 2 atom stereocenters. The lowest BCUT2D eigenvalue weighted by Gasteiger charge is -2.27. The molecule has 2 heterocycles. The van der Waals surface area contributed by atoms with Gasteiger partial charge in [0.05, 0.1) is 12.1 Å². The molecular formula is C31H40F3N5O3. The van der Waals surface area contributed by atoms with E-state index in [4.69, 9.17) is 0 Å². The van der Waals surface area contributed by atoms with Gasteiger partial charge in [-0.15, -0.1) is 0 Å². The van der Waals surface area contributed by atoms with Gasteiger partial charge in [-0.05, 0) is 82.0 Å². The van der Waals surface area contributed by atoms with Crippen molar-refractivity contribution in [3.63, 3.8) is 0 Å². The van der Waals surface area contributed by atoms with Crippen LogP contribution in [0.4, 0.5) is 18.9 Å². The van der Waals surface area contributed by atoms with Gasteiger partial charge < -0.3 is 20.2 Å². The molecule has 2 N–H and O–H groups in total. The third-order valence-electron chi connectivity index (χ3n) is 8.05. The number of benzene rings is 2. The van der Waals surface area contributed by atoms with E-state index in [0.717, 1.165) is 68.8 Å². The molecule has 228 valence electrons. The van der Waals surface area contributed by atoms with Crippen LogP contribution in [0.5, 0.6) is 0 Å². The van der Waals surface area contributed by atoms with Gasteiger partial charge in [0.1, 0.15) is 0 Å². The van der Waals surface area contributed by atoms with Crippen molar-refractivity contribution in [3.05, 3.63) is 65.2 Å². The number of rotatable bonds is 9. The Hall–Kier alpha value is -3.44. The number of anilines is 1. The van der Waals surface area contributed by atoms with Crippen LogP contribution < -0.4 is 10.2 Å². The van der Waals surface area contributed by atoms with Crippen molar-refractivity contribution in [2.75, 3.05) is 50.7 Å². The summed E-state index contributed by atoms with van der Waals surface area (Å²) in [6, 6.07) is 12.5. The molecule has 2 aromatic rings. The van der Waals surface area contributed by atoms with Crippen LogP contribution in [0.2, 0.25) is 0 Å². The number of nitrogens with one attached hydrogen (secondary N) is 1. The van der Waals surface area contributed by atoms with Gasteiger partial charge in [0.2, 0.25) is 0 Å². The highest BCUT2D eigenvalue weighted by Gasteiger charge is 2.31. The van der Waals surface area contributed by atoms with Crippen molar-refractivity contribution in [2.24, 2.45) is 4.99 Å². The van der Waals surface area contributed by atoms with E-state index in [2.05, 4.69) is 20.1 Å². The Labute approximate surface area is 245 Å². The quantitative estimate of drug-likeness (QED) is 0.453. The molecule has 2 aromatic carbocycles. The van der Waals surface area contributed by atoms with E-state index in [1.807, 2.05) is 43.0 Å². The third-order valence-corrected chi connectivity index (χ3v) is 8.05. The van der Waals surface area contributed by atoms with E-state index in [1.165, 1.54) is 12.1 Å². The number of nitrogens with zero attached hydrogens (tertiary/aromatic N) is 4. The van der Waals surface area contributed by atoms with Crippen molar-refractivity contribution in [2.45, 2.75) is 58.0 Å². The Kier molecular flexibility index (Phi) is 10.6. The maximum absolute atomic E-state index is 12.9. The van der Waals surface area contributed by atoms with Crippen LogP contribution in [0.1, 0.15) is 65.8 Å². The smallest absolute Gasteiger partial charge is 0.371 e. The predicted molar refractivity (Wildman–Crippen MR) is 157 cm³/mol. The molecule has 2 unspecified atom stereocenters. The fourth-order valence-corrected chi connectivity index (χ4v) is 5.67. The average molecular weight is 588 g/mol. The first-order valence-electron chi connectivity index (χ1n) is 14.7. The molecule has 0 aromatic heterocycles. The summed E-state index contributed by atoms with van der Waals surface area (Å²) in [6.07, 6.45) is -1.90. The Bertz CT molecular complexity index is 1250. The summed E-state index contributed by atoms with van der Waals surface area (Å²) in [6.45, 7) is 8.48. The Balaban J connectivity index is 1.25. The molecular weight excluding hydrogens is 547 g/mol. The summed E-state index contributed by atoms with van der Waals surface area (Å²) >= 11 is 0. The maximum Gasteiger partial charge on any atom is 0.416 e. The van der Waals surface area contributed by atoms with Gasteiger partial charge in [0, 0.05) is 67.8 Å². The highest BCUT2D eigenvalue weighted by Crippen LogP contribution is 2.29. The molecule has 0 spiro atoms. The second kappa shape index (κ2) is 14.2. The highest BCUT2D eigenvalue weighted by molar-refractivity contribution is 5.95. The molecule has 42 heavy (non-hydrogen) atoms. The van der Waals surface area contributed by atoms with Crippen molar-refractivity contribution in [1.29, 1.82) is 0 Å². The van der Waals surface area contributed by atoms with Crippen molar-refractivity contribution < 1.29 is 27.9 Å². The number of hydrogen-bond donors (Lipinski definition) is 2. The third kappa shape index (κ3) is 8.10. The molecule has 0 radical (unpaired) electrons. The Morgan fingerprint density at radius 3 is 2.48 bits per heavy atom. The van der Waals surface area contributed by atoms with E-state index in [0.29, 0.717) is 31.2 Å². The molecule has 2 saturated heterocycles. The molecule has 0 bridgehead atoms. The first-order chi connectivity index (χ1) is 20.1. The molecule has 2 amide bonds. The molecule has 4 rings (SSSR count). The molecule has 0 saturated carbocycles. The zero-order chi connectivity index (χ0) is 30.3. The van der Waals surface area contributed by atoms with E-state index in [-0.39, 0.29) is 18.0 Å². The minimum Gasteiger partial charge on any atom is -0.371 e. The SMILES string of the molecule is CCN(CC)C(=O)c1ccc(N2CCCC(N3CC/C(=N\C(O)CNC(=O)c4cccc(C(F)(F)F)c4)C3)CC2)cc1. The van der Waals surface area contributed by atoms with Gasteiger partial charge in [0.25, 0.3) is 11.8 Å². The number of hydrogen-bond acceptors (Lipinski definition) is 6. The normalized spacial score (nSPS) is 19.9. The van der Waals surface area contributed by atoms with Gasteiger partial charge >= 0.3 is 6.18 Å². The fourth-order valence-electron chi connectivity index (χ4n) is 5.67. The van der Waals surface area contributed by atoms with Crippen LogP contribution in [0.3, 0.4) is 0 Å². The van der Waals surface area contributed by atoms with E-state index in [9.17, 15) is 27.9 Å². The lowest BCUT2D eigenvalue weighted by atomic mass is 10.1. The molecule has 11 heteroatoms. The Morgan fingerprint density at radius 1 is 1.05 bits per heavy atom. The largest absolute Gasteiger partial charge is 0.416 e. The van der Waals surface area contributed by atoms with Crippen molar-refractivity contribution in [1.82, 2.24) is 15.1 Å². The summed E-state index contributed by atoms with van der Waals surface area (Å²) < 4.78 is 38.8. The Morgan fingerprint density at radius 2 is 1.79 bits per heavy atom. The molecule has 2 fully saturated rings. The van der Waals surface area contributed by atoms with Gasteiger partial charge in [-0.2, -0.15) is 13.2 Å². The van der Waals surface area contributed by atoms with E-state index >= 15 is 0 Å².